The van der Waals surface area contributed by atoms with Crippen molar-refractivity contribution in [2.75, 3.05) is 0 Å². The lowest BCUT2D eigenvalue weighted by molar-refractivity contribution is 0.100. The number of H-pyrrole nitrogens is 1. The number of carbonyl (C=O) groups excluding carboxylic acids is 1. The number of hydrogen-bond donors (Lipinski definition) is 3. The Morgan fingerprint density at radius 2 is 2.00 bits per heavy atom. The second-order valence-electron chi connectivity index (χ2n) is 5.76. The highest BCUT2D eigenvalue weighted by molar-refractivity contribution is 5.98. The number of aromatic nitrogens is 3. The first-order chi connectivity index (χ1) is 12.2. The van der Waals surface area contributed by atoms with Gasteiger partial charge in [-0.1, -0.05) is 24.3 Å². The van der Waals surface area contributed by atoms with Crippen molar-refractivity contribution in [2.24, 2.45) is 5.73 Å². The molecule has 0 bridgehead atoms. The number of aromatic amines is 1. The highest BCUT2D eigenvalue weighted by Gasteiger charge is 2.16. The number of hydrogen-bond acceptors (Lipinski definition) is 3. The van der Waals surface area contributed by atoms with E-state index in [1.807, 2.05) is 47.0 Å². The third-order valence-electron chi connectivity index (χ3n) is 4.27. The van der Waals surface area contributed by atoms with Gasteiger partial charge < -0.3 is 15.4 Å². The topological polar surface area (TPSA) is 96.9 Å². The van der Waals surface area contributed by atoms with Gasteiger partial charge in [0.15, 0.2) is 0 Å². The number of primary amides is 1. The fourth-order valence-corrected chi connectivity index (χ4v) is 3.07. The lowest BCUT2D eigenvalue weighted by atomic mass is 10.1. The van der Waals surface area contributed by atoms with Crippen molar-refractivity contribution in [3.05, 3.63) is 71.9 Å². The maximum Gasteiger partial charge on any atom is 0.248 e. The van der Waals surface area contributed by atoms with E-state index in [2.05, 4.69) is 10.2 Å². The number of nitrogens with one attached hydrogen (secondary N) is 1. The molecule has 0 aliphatic rings. The molecule has 0 aliphatic heterocycles. The van der Waals surface area contributed by atoms with Crippen LogP contribution < -0.4 is 5.73 Å². The van der Waals surface area contributed by atoms with Crippen molar-refractivity contribution < 1.29 is 9.90 Å². The maximum absolute atomic E-state index is 11.6. The summed E-state index contributed by atoms with van der Waals surface area (Å²) in [5.41, 5.74) is 10.1. The van der Waals surface area contributed by atoms with Gasteiger partial charge in [0.25, 0.3) is 0 Å². The number of nitrogens with zero attached hydrogens (tertiary/aromatic N) is 2. The van der Waals surface area contributed by atoms with Crippen LogP contribution in [0.25, 0.3) is 28.0 Å². The number of amides is 1. The minimum absolute atomic E-state index is 0.0895. The van der Waals surface area contributed by atoms with E-state index in [1.165, 1.54) is 0 Å². The van der Waals surface area contributed by atoms with Gasteiger partial charge in [-0.25, -0.2) is 0 Å². The Kier molecular flexibility index (Phi) is 3.59. The van der Waals surface area contributed by atoms with Crippen LogP contribution in [0, 0.1) is 0 Å². The van der Waals surface area contributed by atoms with Crippen LogP contribution in [0.4, 0.5) is 0 Å². The predicted molar refractivity (Wildman–Crippen MR) is 95.3 cm³/mol. The molecule has 0 saturated heterocycles. The molecule has 0 unspecified atom stereocenters. The normalized spacial score (nSPS) is 11.1. The van der Waals surface area contributed by atoms with E-state index < -0.39 is 5.91 Å². The van der Waals surface area contributed by atoms with Crippen molar-refractivity contribution >= 4 is 16.8 Å². The molecule has 0 radical (unpaired) electrons. The third kappa shape index (κ3) is 2.49. The smallest absolute Gasteiger partial charge is 0.248 e. The summed E-state index contributed by atoms with van der Waals surface area (Å²) in [6.45, 7) is -0.0895. The van der Waals surface area contributed by atoms with Gasteiger partial charge in [-0.3, -0.25) is 9.89 Å². The molecule has 0 aliphatic carbocycles. The van der Waals surface area contributed by atoms with Crippen LogP contribution in [-0.4, -0.2) is 25.8 Å². The Morgan fingerprint density at radius 1 is 1.16 bits per heavy atom. The molecule has 2 heterocycles. The molecule has 6 nitrogen and oxygen atoms in total. The number of para-hydroxylation sites is 1. The lowest BCUT2D eigenvalue weighted by Crippen LogP contribution is -2.11. The van der Waals surface area contributed by atoms with Crippen molar-refractivity contribution in [3.8, 4) is 17.1 Å². The minimum Gasteiger partial charge on any atom is -0.392 e. The molecule has 0 spiro atoms. The molecule has 4 N–H and O–H groups in total. The first-order valence-corrected chi connectivity index (χ1v) is 7.83. The second kappa shape index (κ2) is 5.92. The Labute approximate surface area is 143 Å². The highest BCUT2D eigenvalue weighted by atomic mass is 16.3. The molecular weight excluding hydrogens is 316 g/mol. The SMILES string of the molecule is NC(=O)c1ccc2cc(-c3ccn[nH]3)n(-c3ccccc3CO)c2c1. The van der Waals surface area contributed by atoms with Crippen LogP contribution in [-0.2, 0) is 6.61 Å². The fraction of sp³-hybridized carbons (Fsp3) is 0.0526. The Morgan fingerprint density at radius 3 is 2.72 bits per heavy atom. The predicted octanol–water partition coefficient (Wildman–Crippen LogP) is 2.61. The van der Waals surface area contributed by atoms with Crippen LogP contribution in [0.5, 0.6) is 0 Å². The number of nitrogens with two attached hydrogens (primary N) is 1. The van der Waals surface area contributed by atoms with Crippen LogP contribution >= 0.6 is 0 Å². The standard InChI is InChI=1S/C19H16N4O2/c20-19(25)13-6-5-12-9-18(15-7-8-21-22-15)23(17(12)10-13)16-4-2-1-3-14(16)11-24/h1-10,24H,11H2,(H2,20,25)(H,21,22). The van der Waals surface area contributed by atoms with E-state index in [0.29, 0.717) is 5.56 Å². The zero-order valence-electron chi connectivity index (χ0n) is 13.3. The first-order valence-electron chi connectivity index (χ1n) is 7.83. The van der Waals surface area contributed by atoms with E-state index in [4.69, 9.17) is 5.73 Å². The van der Waals surface area contributed by atoms with Gasteiger partial charge >= 0.3 is 0 Å². The summed E-state index contributed by atoms with van der Waals surface area (Å²) >= 11 is 0. The summed E-state index contributed by atoms with van der Waals surface area (Å²) in [5.74, 6) is -0.479. The van der Waals surface area contributed by atoms with E-state index in [9.17, 15) is 9.90 Å². The number of benzene rings is 2. The summed E-state index contributed by atoms with van der Waals surface area (Å²) in [7, 11) is 0. The fourth-order valence-electron chi connectivity index (χ4n) is 3.07. The van der Waals surface area contributed by atoms with Gasteiger partial charge in [-0.05, 0) is 30.3 Å². The molecule has 4 aromatic rings. The molecule has 2 aromatic heterocycles. The molecule has 25 heavy (non-hydrogen) atoms. The minimum atomic E-state index is -0.479. The van der Waals surface area contributed by atoms with Crippen molar-refractivity contribution in [2.45, 2.75) is 6.61 Å². The first kappa shape index (κ1) is 15.2. The number of carbonyl (C=O) groups is 1. The zero-order valence-corrected chi connectivity index (χ0v) is 13.3. The molecule has 0 fully saturated rings. The Bertz CT molecular complexity index is 1060. The number of aliphatic hydroxyl groups excluding tert-OH is 1. The number of fused-ring (bicyclic) bond motifs is 1. The summed E-state index contributed by atoms with van der Waals surface area (Å²) in [6.07, 6.45) is 1.68. The zero-order chi connectivity index (χ0) is 17.4. The van der Waals surface area contributed by atoms with Crippen molar-refractivity contribution in [1.82, 2.24) is 14.8 Å². The molecule has 0 saturated carbocycles. The molecule has 0 atom stereocenters. The van der Waals surface area contributed by atoms with Gasteiger partial charge in [-0.2, -0.15) is 5.10 Å². The average molecular weight is 332 g/mol. The van der Waals surface area contributed by atoms with E-state index >= 15 is 0 Å². The quantitative estimate of drug-likeness (QED) is 0.536. The molecule has 6 heteroatoms. The molecule has 2 aromatic carbocycles. The maximum atomic E-state index is 11.6. The van der Waals surface area contributed by atoms with Crippen LogP contribution in [0.1, 0.15) is 15.9 Å². The monoisotopic (exact) mass is 332 g/mol. The number of rotatable bonds is 4. The molecule has 4 rings (SSSR count). The highest BCUT2D eigenvalue weighted by Crippen LogP contribution is 2.32. The Balaban J connectivity index is 2.09. The summed E-state index contributed by atoms with van der Waals surface area (Å²) < 4.78 is 2.00. The molecule has 124 valence electrons. The largest absolute Gasteiger partial charge is 0.392 e. The van der Waals surface area contributed by atoms with Crippen LogP contribution in [0.2, 0.25) is 0 Å². The number of aliphatic hydroxyl groups is 1. The average Bonchev–Trinajstić information content (AvgIpc) is 3.28. The second-order valence-corrected chi connectivity index (χ2v) is 5.76. The van der Waals surface area contributed by atoms with Gasteiger partial charge in [-0.15, -0.1) is 0 Å². The van der Waals surface area contributed by atoms with Gasteiger partial charge in [0.1, 0.15) is 0 Å². The van der Waals surface area contributed by atoms with E-state index in [1.54, 1.807) is 18.3 Å². The van der Waals surface area contributed by atoms with Crippen LogP contribution in [0.3, 0.4) is 0 Å². The molecular formula is C19H16N4O2. The summed E-state index contributed by atoms with van der Waals surface area (Å²) in [6, 6.07) is 16.8. The van der Waals surface area contributed by atoms with E-state index in [0.717, 1.165) is 33.5 Å². The van der Waals surface area contributed by atoms with Crippen molar-refractivity contribution in [3.63, 3.8) is 0 Å². The van der Waals surface area contributed by atoms with Gasteiger partial charge in [0, 0.05) is 22.7 Å². The lowest BCUT2D eigenvalue weighted by Gasteiger charge is -2.14. The Hall–Kier alpha value is -3.38. The van der Waals surface area contributed by atoms with Crippen molar-refractivity contribution in [1.29, 1.82) is 0 Å². The van der Waals surface area contributed by atoms with Gasteiger partial charge in [0.05, 0.1) is 29.2 Å². The molecule has 1 amide bonds. The van der Waals surface area contributed by atoms with Gasteiger partial charge in [0.2, 0.25) is 5.91 Å². The van der Waals surface area contributed by atoms with Crippen LogP contribution in [0.15, 0.2) is 60.8 Å². The summed E-state index contributed by atoms with van der Waals surface area (Å²) in [5, 5.41) is 17.7. The van der Waals surface area contributed by atoms with E-state index in [-0.39, 0.29) is 6.61 Å². The summed E-state index contributed by atoms with van der Waals surface area (Å²) in [4.78, 5) is 11.6. The third-order valence-corrected chi connectivity index (χ3v) is 4.27.